The number of hydrogen-bond donors (Lipinski definition) is 3. The van der Waals surface area contributed by atoms with Gasteiger partial charge in [-0.15, -0.1) is 0 Å². The summed E-state index contributed by atoms with van der Waals surface area (Å²) in [6, 6.07) is 6.66. The number of nitrogens with one attached hydrogen (secondary N) is 1. The molecule has 230 valence electrons. The number of aliphatic hydroxyl groups excluding tert-OH is 1. The van der Waals surface area contributed by atoms with Gasteiger partial charge in [-0.05, 0) is 66.2 Å². The molecule has 3 aromatic rings. The van der Waals surface area contributed by atoms with Gasteiger partial charge in [0, 0.05) is 35.9 Å². The minimum atomic E-state index is -0.761. The van der Waals surface area contributed by atoms with Crippen molar-refractivity contribution < 1.29 is 14.6 Å². The molecule has 8 rings (SSSR count). The predicted molar refractivity (Wildman–Crippen MR) is 169 cm³/mol. The van der Waals surface area contributed by atoms with Crippen LogP contribution in [-0.2, 0) is 15.9 Å². The Morgan fingerprint density at radius 1 is 0.978 bits per heavy atom. The van der Waals surface area contributed by atoms with E-state index in [2.05, 4.69) is 50.4 Å². The zero-order chi connectivity index (χ0) is 30.6. The molecular weight excluding hydrogens is 568 g/mol. The summed E-state index contributed by atoms with van der Waals surface area (Å²) < 4.78 is 12.0. The number of benzene rings is 1. The SMILES string of the molecule is CC1C(c2cncnc2)=CC=C2CC(N=C3N[C@]4(CCc5c(-c6cncnc6)cccc5C4O)CO3)C[C@@]3(COC(N)=N3)CC21. The summed E-state index contributed by atoms with van der Waals surface area (Å²) in [4.78, 5) is 26.9. The van der Waals surface area contributed by atoms with Crippen LogP contribution >= 0.6 is 0 Å². The van der Waals surface area contributed by atoms with E-state index in [1.54, 1.807) is 6.33 Å². The average molecular weight is 605 g/mol. The van der Waals surface area contributed by atoms with Crippen molar-refractivity contribution in [2.75, 3.05) is 13.2 Å². The van der Waals surface area contributed by atoms with Gasteiger partial charge < -0.3 is 25.6 Å². The Bertz CT molecular complexity index is 1740. The third-order valence-corrected chi connectivity index (χ3v) is 10.3. The average Bonchev–Trinajstić information content (AvgIpc) is 3.59. The molecule has 1 saturated heterocycles. The highest BCUT2D eigenvalue weighted by molar-refractivity contribution is 5.78. The molecule has 4 N–H and O–H groups in total. The molecule has 2 aliphatic heterocycles. The molecule has 1 saturated carbocycles. The maximum atomic E-state index is 11.7. The number of ether oxygens (including phenoxy) is 2. The zero-order valence-electron chi connectivity index (χ0n) is 25.1. The minimum absolute atomic E-state index is 0.0999. The van der Waals surface area contributed by atoms with Gasteiger partial charge in [0.05, 0.1) is 6.04 Å². The molecule has 1 aromatic carbocycles. The number of nitrogens with zero attached hydrogens (tertiary/aromatic N) is 6. The fraction of sp³-hybridized carbons (Fsp3) is 0.412. The van der Waals surface area contributed by atoms with Crippen molar-refractivity contribution >= 4 is 17.6 Å². The summed E-state index contributed by atoms with van der Waals surface area (Å²) in [7, 11) is 0. The highest BCUT2D eigenvalue weighted by Gasteiger charge is 2.50. The normalized spacial score (nSPS) is 32.8. The van der Waals surface area contributed by atoms with Gasteiger partial charge in [-0.1, -0.05) is 42.8 Å². The van der Waals surface area contributed by atoms with Crippen LogP contribution in [0.25, 0.3) is 16.7 Å². The lowest BCUT2D eigenvalue weighted by atomic mass is 9.72. The van der Waals surface area contributed by atoms with Crippen LogP contribution in [0.5, 0.6) is 0 Å². The third-order valence-electron chi connectivity index (χ3n) is 10.3. The molecule has 6 atom stereocenters. The lowest BCUT2D eigenvalue weighted by Gasteiger charge is -2.38. The second-order valence-corrected chi connectivity index (χ2v) is 13.0. The highest BCUT2D eigenvalue weighted by Crippen LogP contribution is 2.48. The van der Waals surface area contributed by atoms with Crippen LogP contribution in [0.1, 0.15) is 55.4 Å². The molecule has 11 heteroatoms. The molecule has 5 aliphatic rings. The molecule has 45 heavy (non-hydrogen) atoms. The second-order valence-electron chi connectivity index (χ2n) is 13.0. The summed E-state index contributed by atoms with van der Waals surface area (Å²) >= 11 is 0. The number of amidine groups is 2. The maximum absolute atomic E-state index is 11.7. The van der Waals surface area contributed by atoms with E-state index in [0.717, 1.165) is 47.1 Å². The standard InChI is InChI=1S/C34H36N8O3/c1-20-25(22-12-36-18-37-13-22)6-5-21-9-24(10-33(11-29(20)21)16-44-31(35)41-33)40-32-42-34(17-45-32)8-7-27-26(23-14-38-19-39-15-23)3-2-4-28(27)30(34)43/h2-6,12-15,18-20,24,29-30,43H,7-11,16-17H2,1H3,(H2,35,41)(H,40,42)/t20?,24?,29?,30?,33-,34+/m0/s1. The van der Waals surface area contributed by atoms with Crippen LogP contribution in [0.3, 0.4) is 0 Å². The van der Waals surface area contributed by atoms with Gasteiger partial charge in [-0.3, -0.25) is 0 Å². The molecule has 2 fully saturated rings. The van der Waals surface area contributed by atoms with Gasteiger partial charge in [0.1, 0.15) is 43.1 Å². The van der Waals surface area contributed by atoms with Gasteiger partial charge >= 0.3 is 0 Å². The zero-order valence-corrected chi connectivity index (χ0v) is 25.1. The quantitative estimate of drug-likeness (QED) is 0.407. The molecular formula is C34H36N8O3. The van der Waals surface area contributed by atoms with E-state index < -0.39 is 17.2 Å². The number of nitrogens with two attached hydrogens (primary N) is 1. The number of aliphatic hydroxyl groups is 1. The fourth-order valence-electron chi connectivity index (χ4n) is 8.06. The number of rotatable bonds is 3. The first-order valence-corrected chi connectivity index (χ1v) is 15.6. The smallest absolute Gasteiger partial charge is 0.285 e. The molecule has 3 aliphatic carbocycles. The lowest BCUT2D eigenvalue weighted by molar-refractivity contribution is 0.0473. The molecule has 11 nitrogen and oxygen atoms in total. The Morgan fingerprint density at radius 3 is 2.51 bits per heavy atom. The Labute approximate surface area is 261 Å². The summed E-state index contributed by atoms with van der Waals surface area (Å²) in [5.41, 5.74) is 12.6. The Balaban J connectivity index is 1.08. The first kappa shape index (κ1) is 27.9. The third kappa shape index (κ3) is 4.86. The van der Waals surface area contributed by atoms with Crippen molar-refractivity contribution in [3.05, 3.63) is 90.1 Å². The van der Waals surface area contributed by atoms with Gasteiger partial charge in [0.15, 0.2) is 0 Å². The van der Waals surface area contributed by atoms with Crippen LogP contribution in [0.2, 0.25) is 0 Å². The Kier molecular flexibility index (Phi) is 6.67. The van der Waals surface area contributed by atoms with E-state index >= 15 is 0 Å². The van der Waals surface area contributed by atoms with E-state index in [1.807, 2.05) is 36.9 Å². The first-order valence-electron chi connectivity index (χ1n) is 15.6. The molecule has 2 aromatic heterocycles. The summed E-state index contributed by atoms with van der Waals surface area (Å²) in [6.07, 6.45) is 17.9. The largest absolute Gasteiger partial charge is 0.463 e. The fourth-order valence-corrected chi connectivity index (χ4v) is 8.06. The van der Waals surface area contributed by atoms with Crippen molar-refractivity contribution in [2.45, 2.75) is 62.3 Å². The van der Waals surface area contributed by atoms with Crippen LogP contribution in [0.4, 0.5) is 0 Å². The molecule has 4 unspecified atom stereocenters. The summed E-state index contributed by atoms with van der Waals surface area (Å²) in [5.74, 6) is 0.489. The van der Waals surface area contributed by atoms with Gasteiger partial charge in [-0.25, -0.2) is 29.9 Å². The number of fused-ring (bicyclic) bond motifs is 2. The van der Waals surface area contributed by atoms with Crippen LogP contribution in [-0.4, -0.2) is 67.4 Å². The maximum Gasteiger partial charge on any atom is 0.285 e. The Hall–Kier alpha value is -4.64. The first-order chi connectivity index (χ1) is 21.9. The molecule has 0 amide bonds. The number of aliphatic imine (C=N–C) groups is 2. The number of aromatic nitrogens is 4. The molecule has 0 radical (unpaired) electrons. The van der Waals surface area contributed by atoms with Gasteiger partial charge in [0.25, 0.3) is 12.0 Å². The van der Waals surface area contributed by atoms with Crippen molar-refractivity contribution in [3.63, 3.8) is 0 Å². The van der Waals surface area contributed by atoms with E-state index in [0.29, 0.717) is 32.1 Å². The number of hydrogen-bond acceptors (Lipinski definition) is 10. The van der Waals surface area contributed by atoms with Crippen molar-refractivity contribution in [1.29, 1.82) is 0 Å². The Morgan fingerprint density at radius 2 is 1.76 bits per heavy atom. The van der Waals surface area contributed by atoms with Crippen LogP contribution in [0, 0.1) is 11.8 Å². The van der Waals surface area contributed by atoms with Crippen molar-refractivity contribution in [1.82, 2.24) is 25.3 Å². The molecule has 2 spiro atoms. The van der Waals surface area contributed by atoms with Crippen LogP contribution in [0.15, 0.2) is 83.4 Å². The van der Waals surface area contributed by atoms with Gasteiger partial charge in [-0.2, -0.15) is 0 Å². The summed E-state index contributed by atoms with van der Waals surface area (Å²) in [6.45, 7) is 3.04. The monoisotopic (exact) mass is 604 g/mol. The lowest BCUT2D eigenvalue weighted by Crippen LogP contribution is -2.51. The van der Waals surface area contributed by atoms with Crippen LogP contribution < -0.4 is 11.1 Å². The van der Waals surface area contributed by atoms with E-state index in [-0.39, 0.29) is 23.9 Å². The van der Waals surface area contributed by atoms with E-state index in [4.69, 9.17) is 25.2 Å². The summed E-state index contributed by atoms with van der Waals surface area (Å²) in [5, 5.41) is 15.3. The molecule has 4 heterocycles. The highest BCUT2D eigenvalue weighted by atomic mass is 16.5. The predicted octanol–water partition coefficient (Wildman–Crippen LogP) is 3.54. The van der Waals surface area contributed by atoms with Crippen molar-refractivity contribution in [3.8, 4) is 11.1 Å². The van der Waals surface area contributed by atoms with E-state index in [1.165, 1.54) is 17.5 Å². The topological polar surface area (TPSA) is 153 Å². The van der Waals surface area contributed by atoms with Crippen molar-refractivity contribution in [2.24, 2.45) is 27.6 Å². The minimum Gasteiger partial charge on any atom is -0.463 e. The van der Waals surface area contributed by atoms with E-state index in [9.17, 15) is 5.11 Å². The van der Waals surface area contributed by atoms with Gasteiger partial charge in [0.2, 0.25) is 0 Å². The molecule has 0 bridgehead atoms. The second kappa shape index (κ2) is 10.8. The number of allylic oxidation sites excluding steroid dienone is 3.